The van der Waals surface area contributed by atoms with E-state index in [9.17, 15) is 9.59 Å². The van der Waals surface area contributed by atoms with E-state index in [1.807, 2.05) is 42.5 Å². The third kappa shape index (κ3) is 7.33. The number of amides is 2. The standard InChI is InChI=1S/C26H25Cl2N3O3/c1-17(2)20-10-7-18(8-11-20)14-29-25(32)26(33)31-30-15-19-9-12-24(23(28)13-19)34-16-21-5-3-4-6-22(21)27/h3-13,15,17H,14,16H2,1-2H3,(H,29,32)(H,31,33)/b30-15-. The first kappa shape index (κ1) is 25.3. The Hall–Kier alpha value is -3.35. The van der Waals surface area contributed by atoms with E-state index in [4.69, 9.17) is 27.9 Å². The Labute approximate surface area is 208 Å². The molecule has 0 saturated carbocycles. The quantitative estimate of drug-likeness (QED) is 0.246. The minimum absolute atomic E-state index is 0.250. The predicted octanol–water partition coefficient (Wildman–Crippen LogP) is 5.46. The van der Waals surface area contributed by atoms with Crippen LogP contribution in [0.1, 0.15) is 42.0 Å². The maximum Gasteiger partial charge on any atom is 0.329 e. The minimum atomic E-state index is -0.860. The number of hydrogen-bond donors (Lipinski definition) is 2. The van der Waals surface area contributed by atoms with Crippen LogP contribution in [0.2, 0.25) is 10.0 Å². The summed E-state index contributed by atoms with van der Waals surface area (Å²) in [6.07, 6.45) is 1.39. The number of ether oxygens (including phenoxy) is 1. The van der Waals surface area contributed by atoms with Gasteiger partial charge in [0.15, 0.2) is 0 Å². The lowest BCUT2D eigenvalue weighted by Crippen LogP contribution is -2.37. The summed E-state index contributed by atoms with van der Waals surface area (Å²) in [5.41, 5.74) is 5.79. The van der Waals surface area contributed by atoms with Crippen molar-refractivity contribution in [2.24, 2.45) is 5.10 Å². The van der Waals surface area contributed by atoms with E-state index < -0.39 is 11.8 Å². The first-order valence-corrected chi connectivity index (χ1v) is 11.4. The second-order valence-corrected chi connectivity index (χ2v) is 8.66. The summed E-state index contributed by atoms with van der Waals surface area (Å²) in [6.45, 7) is 4.75. The molecule has 0 fully saturated rings. The number of hydrazone groups is 1. The van der Waals surface area contributed by atoms with Crippen LogP contribution in [0.4, 0.5) is 0 Å². The molecule has 3 aromatic carbocycles. The Morgan fingerprint density at radius 2 is 1.71 bits per heavy atom. The molecule has 0 saturated heterocycles. The summed E-state index contributed by atoms with van der Waals surface area (Å²) in [7, 11) is 0. The molecule has 8 heteroatoms. The van der Waals surface area contributed by atoms with Gasteiger partial charge in [0, 0.05) is 17.1 Å². The molecule has 0 radical (unpaired) electrons. The molecule has 2 amide bonds. The Bertz CT molecular complexity index is 1180. The maximum atomic E-state index is 12.0. The third-order valence-electron chi connectivity index (χ3n) is 4.98. The normalized spacial score (nSPS) is 11.0. The van der Waals surface area contributed by atoms with Crippen LogP contribution in [-0.4, -0.2) is 18.0 Å². The lowest BCUT2D eigenvalue weighted by molar-refractivity contribution is -0.139. The zero-order valence-corrected chi connectivity index (χ0v) is 20.4. The number of carbonyl (C=O) groups excluding carboxylic acids is 2. The Kier molecular flexibility index (Phi) is 9.08. The molecule has 0 spiro atoms. The first-order chi connectivity index (χ1) is 16.3. The molecule has 34 heavy (non-hydrogen) atoms. The van der Waals surface area contributed by atoms with Gasteiger partial charge in [0.1, 0.15) is 12.4 Å². The number of nitrogens with zero attached hydrogens (tertiary/aromatic N) is 1. The fourth-order valence-electron chi connectivity index (χ4n) is 2.98. The molecular weight excluding hydrogens is 473 g/mol. The number of halogens is 2. The molecule has 0 aliphatic carbocycles. The molecule has 0 aliphatic rings. The van der Waals surface area contributed by atoms with Crippen LogP contribution in [0.15, 0.2) is 71.8 Å². The Morgan fingerprint density at radius 1 is 0.971 bits per heavy atom. The first-order valence-electron chi connectivity index (χ1n) is 10.7. The molecule has 0 aromatic heterocycles. The van der Waals surface area contributed by atoms with Crippen LogP contribution in [-0.2, 0) is 22.7 Å². The summed E-state index contributed by atoms with van der Waals surface area (Å²) in [5, 5.41) is 7.39. The number of carbonyl (C=O) groups is 2. The van der Waals surface area contributed by atoms with Crippen LogP contribution in [0.25, 0.3) is 0 Å². The summed E-state index contributed by atoms with van der Waals surface area (Å²) < 4.78 is 5.73. The third-order valence-corrected chi connectivity index (χ3v) is 5.65. The predicted molar refractivity (Wildman–Crippen MR) is 135 cm³/mol. The van der Waals surface area contributed by atoms with Gasteiger partial charge in [-0.1, -0.05) is 79.5 Å². The summed E-state index contributed by atoms with van der Waals surface area (Å²) in [5.74, 6) is -0.713. The lowest BCUT2D eigenvalue weighted by atomic mass is 10.0. The molecule has 2 N–H and O–H groups in total. The van der Waals surface area contributed by atoms with Crippen LogP contribution >= 0.6 is 23.2 Å². The van der Waals surface area contributed by atoms with Gasteiger partial charge < -0.3 is 10.1 Å². The van der Waals surface area contributed by atoms with Gasteiger partial charge in [-0.15, -0.1) is 0 Å². The van der Waals surface area contributed by atoms with Crippen molar-refractivity contribution in [3.05, 3.63) is 99.0 Å². The van der Waals surface area contributed by atoms with Gasteiger partial charge in [0.2, 0.25) is 0 Å². The van der Waals surface area contributed by atoms with E-state index in [0.717, 1.165) is 11.1 Å². The SMILES string of the molecule is CC(C)c1ccc(CNC(=O)C(=O)N/N=C\c2ccc(OCc3ccccc3Cl)c(Cl)c2)cc1. The number of benzene rings is 3. The average Bonchev–Trinajstić information content (AvgIpc) is 2.83. The fraction of sp³-hybridized carbons (Fsp3) is 0.192. The highest BCUT2D eigenvalue weighted by Gasteiger charge is 2.12. The van der Waals surface area contributed by atoms with Gasteiger partial charge in [0.25, 0.3) is 0 Å². The van der Waals surface area contributed by atoms with Crippen molar-refractivity contribution in [1.82, 2.24) is 10.7 Å². The van der Waals surface area contributed by atoms with E-state index in [-0.39, 0.29) is 13.2 Å². The van der Waals surface area contributed by atoms with E-state index in [2.05, 4.69) is 29.7 Å². The van der Waals surface area contributed by atoms with Gasteiger partial charge >= 0.3 is 11.8 Å². The molecule has 176 valence electrons. The Morgan fingerprint density at radius 3 is 2.38 bits per heavy atom. The van der Waals surface area contributed by atoms with Crippen LogP contribution in [0.3, 0.4) is 0 Å². The molecule has 0 heterocycles. The molecular formula is C26H25Cl2N3O3. The van der Waals surface area contributed by atoms with E-state index in [1.54, 1.807) is 24.3 Å². The summed E-state index contributed by atoms with van der Waals surface area (Å²) in [6, 6.07) is 20.3. The van der Waals surface area contributed by atoms with Crippen molar-refractivity contribution in [2.75, 3.05) is 0 Å². The molecule has 0 aliphatic heterocycles. The number of rotatable bonds is 8. The topological polar surface area (TPSA) is 79.8 Å². The summed E-state index contributed by atoms with van der Waals surface area (Å²) >= 11 is 12.4. The second-order valence-electron chi connectivity index (χ2n) is 7.85. The van der Waals surface area contributed by atoms with Crippen molar-refractivity contribution in [3.63, 3.8) is 0 Å². The molecule has 6 nitrogen and oxygen atoms in total. The van der Waals surface area contributed by atoms with Crippen molar-refractivity contribution in [2.45, 2.75) is 32.9 Å². The van der Waals surface area contributed by atoms with E-state index >= 15 is 0 Å². The van der Waals surface area contributed by atoms with Crippen molar-refractivity contribution in [1.29, 1.82) is 0 Å². The van der Waals surface area contributed by atoms with Crippen LogP contribution < -0.4 is 15.5 Å². The maximum absolute atomic E-state index is 12.0. The smallest absolute Gasteiger partial charge is 0.329 e. The van der Waals surface area contributed by atoms with Gasteiger partial charge in [0.05, 0.1) is 11.2 Å². The second kappa shape index (κ2) is 12.2. The molecule has 0 atom stereocenters. The molecule has 3 rings (SSSR count). The lowest BCUT2D eigenvalue weighted by Gasteiger charge is -2.09. The summed E-state index contributed by atoms with van der Waals surface area (Å²) in [4.78, 5) is 24.0. The highest BCUT2D eigenvalue weighted by atomic mass is 35.5. The minimum Gasteiger partial charge on any atom is -0.487 e. The van der Waals surface area contributed by atoms with Crippen molar-refractivity contribution in [3.8, 4) is 5.75 Å². The largest absolute Gasteiger partial charge is 0.487 e. The van der Waals surface area contributed by atoms with Gasteiger partial charge in [-0.2, -0.15) is 5.10 Å². The molecule has 0 bridgehead atoms. The van der Waals surface area contributed by atoms with Crippen molar-refractivity contribution >= 4 is 41.2 Å². The van der Waals surface area contributed by atoms with Crippen LogP contribution in [0.5, 0.6) is 5.75 Å². The van der Waals surface area contributed by atoms with Crippen LogP contribution in [0, 0.1) is 0 Å². The Balaban J connectivity index is 1.47. The number of hydrogen-bond acceptors (Lipinski definition) is 4. The van der Waals surface area contributed by atoms with E-state index in [0.29, 0.717) is 27.3 Å². The zero-order chi connectivity index (χ0) is 24.5. The monoisotopic (exact) mass is 497 g/mol. The van der Waals surface area contributed by atoms with E-state index in [1.165, 1.54) is 11.8 Å². The highest BCUT2D eigenvalue weighted by Crippen LogP contribution is 2.27. The van der Waals surface area contributed by atoms with Gasteiger partial charge in [-0.25, -0.2) is 5.43 Å². The fourth-order valence-corrected chi connectivity index (χ4v) is 3.42. The highest BCUT2D eigenvalue weighted by molar-refractivity contribution is 6.35. The molecule has 0 unspecified atom stereocenters. The molecule has 3 aromatic rings. The average molecular weight is 498 g/mol. The zero-order valence-electron chi connectivity index (χ0n) is 18.8. The number of nitrogens with one attached hydrogen (secondary N) is 2. The van der Waals surface area contributed by atoms with Crippen molar-refractivity contribution < 1.29 is 14.3 Å². The van der Waals surface area contributed by atoms with Gasteiger partial charge in [-0.05, 0) is 46.9 Å². The van der Waals surface area contributed by atoms with Gasteiger partial charge in [-0.3, -0.25) is 9.59 Å².